The highest BCUT2D eigenvalue weighted by molar-refractivity contribution is 7.92. The molecule has 9 heteroatoms. The summed E-state index contributed by atoms with van der Waals surface area (Å²) in [7, 11) is -3.86. The zero-order valence-corrected chi connectivity index (χ0v) is 18.9. The molecule has 0 saturated heterocycles. The van der Waals surface area contributed by atoms with Crippen LogP contribution in [0.5, 0.6) is 5.75 Å². The van der Waals surface area contributed by atoms with Gasteiger partial charge >= 0.3 is 4.87 Å². The van der Waals surface area contributed by atoms with Gasteiger partial charge in [0.2, 0.25) is 0 Å². The number of nitrogens with one attached hydrogen (secondary N) is 1. The van der Waals surface area contributed by atoms with Crippen LogP contribution in [0, 0.1) is 0 Å². The molecule has 4 rings (SSSR count). The third kappa shape index (κ3) is 4.61. The van der Waals surface area contributed by atoms with Gasteiger partial charge in [-0.2, -0.15) is 0 Å². The van der Waals surface area contributed by atoms with Crippen molar-refractivity contribution >= 4 is 48.9 Å². The number of rotatable bonds is 7. The molecule has 0 aliphatic heterocycles. The van der Waals surface area contributed by atoms with Gasteiger partial charge in [-0.15, -0.1) is 0 Å². The topological polar surface area (TPSA) is 77.4 Å². The van der Waals surface area contributed by atoms with E-state index in [2.05, 4.69) is 4.72 Å². The van der Waals surface area contributed by atoms with Crippen molar-refractivity contribution in [2.45, 2.75) is 18.4 Å². The first-order valence-electron chi connectivity index (χ1n) is 9.50. The van der Waals surface area contributed by atoms with Gasteiger partial charge in [0.05, 0.1) is 34.0 Å². The number of fused-ring (bicyclic) bond motifs is 1. The van der Waals surface area contributed by atoms with Crippen LogP contribution >= 0.6 is 22.9 Å². The van der Waals surface area contributed by atoms with E-state index in [-0.39, 0.29) is 9.77 Å². The number of para-hydroxylation sites is 2. The number of ether oxygens (including phenoxy) is 1. The van der Waals surface area contributed by atoms with Crippen LogP contribution in [0.2, 0.25) is 5.02 Å². The quantitative estimate of drug-likeness (QED) is 0.410. The van der Waals surface area contributed by atoms with E-state index in [9.17, 15) is 13.2 Å². The summed E-state index contributed by atoms with van der Waals surface area (Å²) < 4.78 is 36.2. The van der Waals surface area contributed by atoms with Crippen LogP contribution in [0.4, 0.5) is 5.69 Å². The van der Waals surface area contributed by atoms with E-state index in [0.29, 0.717) is 39.8 Å². The molecule has 160 valence electrons. The first kappa shape index (κ1) is 21.4. The third-order valence-electron chi connectivity index (χ3n) is 4.64. The lowest BCUT2D eigenvalue weighted by Crippen LogP contribution is -2.14. The zero-order valence-electron chi connectivity index (χ0n) is 16.5. The maximum atomic E-state index is 13.0. The fourth-order valence-electron chi connectivity index (χ4n) is 3.17. The van der Waals surface area contributed by atoms with Crippen molar-refractivity contribution in [2.75, 3.05) is 11.3 Å². The predicted molar refractivity (Wildman–Crippen MR) is 125 cm³/mol. The number of sulfonamides is 1. The van der Waals surface area contributed by atoms with Gasteiger partial charge in [-0.25, -0.2) is 8.42 Å². The second-order valence-electron chi connectivity index (χ2n) is 6.74. The third-order valence-corrected chi connectivity index (χ3v) is 7.19. The van der Waals surface area contributed by atoms with Crippen molar-refractivity contribution in [3.05, 3.63) is 87.0 Å². The highest BCUT2D eigenvalue weighted by Gasteiger charge is 2.19. The Morgan fingerprint density at radius 2 is 1.81 bits per heavy atom. The number of anilines is 1. The number of thiazole rings is 1. The Labute approximate surface area is 188 Å². The summed E-state index contributed by atoms with van der Waals surface area (Å²) in [5.74, 6) is 0.452. The van der Waals surface area contributed by atoms with Gasteiger partial charge in [0.15, 0.2) is 0 Å². The summed E-state index contributed by atoms with van der Waals surface area (Å²) in [4.78, 5) is 12.5. The van der Waals surface area contributed by atoms with Crippen LogP contribution in [0.1, 0.15) is 12.5 Å². The van der Waals surface area contributed by atoms with E-state index in [1.807, 2.05) is 19.1 Å². The fraction of sp³-hybridized carbons (Fsp3) is 0.136. The predicted octanol–water partition coefficient (Wildman–Crippen LogP) is 4.96. The van der Waals surface area contributed by atoms with Crippen molar-refractivity contribution in [3.63, 3.8) is 0 Å². The van der Waals surface area contributed by atoms with Crippen molar-refractivity contribution in [2.24, 2.45) is 0 Å². The Hall–Kier alpha value is -2.81. The van der Waals surface area contributed by atoms with Gasteiger partial charge in [0.25, 0.3) is 10.0 Å². The average Bonchev–Trinajstić information content (AvgIpc) is 3.05. The molecule has 0 fully saturated rings. The summed E-state index contributed by atoms with van der Waals surface area (Å²) in [5.41, 5.74) is 1.97. The number of aromatic nitrogens is 1. The fourth-order valence-corrected chi connectivity index (χ4v) is 5.40. The van der Waals surface area contributed by atoms with E-state index < -0.39 is 10.0 Å². The molecule has 1 aromatic heterocycles. The standard InChI is InChI=1S/C22H19ClN2O4S2/c1-2-29-20-6-4-3-5-18(20)24-31(27,28)17-11-12-19-21(13-17)30-22(26)25(19)14-15-7-9-16(23)10-8-15/h3-13,24H,2,14H2,1H3. The van der Waals surface area contributed by atoms with Crippen molar-refractivity contribution in [1.29, 1.82) is 0 Å². The van der Waals surface area contributed by atoms with Crippen molar-refractivity contribution in [3.8, 4) is 5.75 Å². The largest absolute Gasteiger partial charge is 0.492 e. The van der Waals surface area contributed by atoms with Gasteiger partial charge in [0.1, 0.15) is 5.75 Å². The van der Waals surface area contributed by atoms with Gasteiger partial charge in [-0.05, 0) is 55.0 Å². The molecule has 0 spiro atoms. The Morgan fingerprint density at radius 3 is 2.55 bits per heavy atom. The minimum absolute atomic E-state index is 0.0752. The van der Waals surface area contributed by atoms with Gasteiger partial charge in [0, 0.05) is 5.02 Å². The number of halogens is 1. The van der Waals surface area contributed by atoms with Crippen molar-refractivity contribution in [1.82, 2.24) is 4.57 Å². The lowest BCUT2D eigenvalue weighted by molar-refractivity contribution is 0.342. The van der Waals surface area contributed by atoms with Gasteiger partial charge < -0.3 is 4.74 Å². The summed E-state index contributed by atoms with van der Waals surface area (Å²) in [6, 6.07) is 18.8. The van der Waals surface area contributed by atoms with E-state index in [4.69, 9.17) is 16.3 Å². The lowest BCUT2D eigenvalue weighted by atomic mass is 10.2. The maximum Gasteiger partial charge on any atom is 0.308 e. The summed E-state index contributed by atoms with van der Waals surface area (Å²) in [5, 5.41) is 0.625. The first-order chi connectivity index (χ1) is 14.9. The lowest BCUT2D eigenvalue weighted by Gasteiger charge is -2.13. The first-order valence-corrected chi connectivity index (χ1v) is 12.2. The number of benzene rings is 3. The molecule has 0 unspecified atom stereocenters. The molecule has 0 bridgehead atoms. The Morgan fingerprint density at radius 1 is 1.06 bits per heavy atom. The number of hydrogen-bond donors (Lipinski definition) is 1. The highest BCUT2D eigenvalue weighted by atomic mass is 35.5. The number of nitrogens with zero attached hydrogens (tertiary/aromatic N) is 1. The average molecular weight is 475 g/mol. The van der Waals surface area contributed by atoms with E-state index >= 15 is 0 Å². The second-order valence-corrected chi connectivity index (χ2v) is 9.86. The van der Waals surface area contributed by atoms with E-state index in [1.165, 1.54) is 12.1 Å². The summed E-state index contributed by atoms with van der Waals surface area (Å²) in [6.45, 7) is 2.62. The normalized spacial score (nSPS) is 11.5. The van der Waals surface area contributed by atoms with Crippen molar-refractivity contribution < 1.29 is 13.2 Å². The molecule has 0 saturated carbocycles. The maximum absolute atomic E-state index is 13.0. The van der Waals surface area contributed by atoms with Gasteiger partial charge in [-0.3, -0.25) is 14.1 Å². The van der Waals surface area contributed by atoms with Crippen LogP contribution in [0.15, 0.2) is 76.4 Å². The van der Waals surface area contributed by atoms with Crippen LogP contribution in [0.3, 0.4) is 0 Å². The molecule has 4 aromatic rings. The molecule has 0 aliphatic rings. The van der Waals surface area contributed by atoms with E-state index in [1.54, 1.807) is 47.0 Å². The minimum atomic E-state index is -3.86. The molecule has 0 amide bonds. The zero-order chi connectivity index (χ0) is 22.0. The van der Waals surface area contributed by atoms with Crippen LogP contribution < -0.4 is 14.3 Å². The monoisotopic (exact) mass is 474 g/mol. The smallest absolute Gasteiger partial charge is 0.308 e. The van der Waals surface area contributed by atoms with Crippen LogP contribution in [0.25, 0.3) is 10.2 Å². The van der Waals surface area contributed by atoms with Crippen LogP contribution in [-0.2, 0) is 16.6 Å². The molecule has 0 radical (unpaired) electrons. The second kappa shape index (κ2) is 8.74. The summed E-state index contributed by atoms with van der Waals surface area (Å²) in [6.07, 6.45) is 0. The molecule has 0 atom stereocenters. The molecular weight excluding hydrogens is 456 g/mol. The summed E-state index contributed by atoms with van der Waals surface area (Å²) >= 11 is 6.94. The molecule has 31 heavy (non-hydrogen) atoms. The molecule has 0 aliphatic carbocycles. The Balaban J connectivity index is 1.66. The molecule has 1 N–H and O–H groups in total. The number of hydrogen-bond acceptors (Lipinski definition) is 5. The molecule has 1 heterocycles. The minimum Gasteiger partial charge on any atom is -0.492 e. The molecular formula is C22H19ClN2O4S2. The molecule has 3 aromatic carbocycles. The highest BCUT2D eigenvalue weighted by Crippen LogP contribution is 2.28. The molecule has 6 nitrogen and oxygen atoms in total. The van der Waals surface area contributed by atoms with Gasteiger partial charge in [-0.1, -0.05) is 47.2 Å². The Kier molecular flexibility index (Phi) is 6.04. The van der Waals surface area contributed by atoms with Crippen LogP contribution in [-0.4, -0.2) is 19.6 Å². The Bertz CT molecular complexity index is 1390. The SMILES string of the molecule is CCOc1ccccc1NS(=O)(=O)c1ccc2c(c1)sc(=O)n2Cc1ccc(Cl)cc1. The van der Waals surface area contributed by atoms with E-state index in [0.717, 1.165) is 16.9 Å².